The van der Waals surface area contributed by atoms with E-state index in [2.05, 4.69) is 0 Å². The molecule has 0 saturated carbocycles. The highest BCUT2D eigenvalue weighted by Crippen LogP contribution is 2.35. The highest BCUT2D eigenvalue weighted by molar-refractivity contribution is 6.64. The molecule has 142 valence electrons. The quantitative estimate of drug-likeness (QED) is 0.459. The lowest BCUT2D eigenvalue weighted by atomic mass is 9.72. The molecule has 2 aliphatic heterocycles. The van der Waals surface area contributed by atoms with E-state index in [0.29, 0.717) is 36.3 Å². The van der Waals surface area contributed by atoms with Crippen molar-refractivity contribution in [2.75, 3.05) is 19.8 Å². The smallest absolute Gasteiger partial charge is 0.460 e. The summed E-state index contributed by atoms with van der Waals surface area (Å²) in [7, 11) is -0.752. The molecule has 0 bridgehead atoms. The monoisotopic (exact) mass is 364 g/mol. The first-order valence-electron chi connectivity index (χ1n) is 8.80. The molecule has 0 aliphatic carbocycles. The third-order valence-corrected chi connectivity index (χ3v) is 3.75. The Morgan fingerprint density at radius 2 is 1.92 bits per heavy atom. The maximum Gasteiger partial charge on any atom is 0.498 e. The summed E-state index contributed by atoms with van der Waals surface area (Å²) in [5.41, 5.74) is 0.692. The van der Waals surface area contributed by atoms with Crippen LogP contribution in [-0.2, 0) is 18.8 Å². The van der Waals surface area contributed by atoms with Gasteiger partial charge in [-0.2, -0.15) is 0 Å². The molecule has 7 nitrogen and oxygen atoms in total. The van der Waals surface area contributed by atoms with Gasteiger partial charge in [-0.05, 0) is 19.1 Å². The third kappa shape index (κ3) is 4.19. The van der Waals surface area contributed by atoms with Crippen molar-refractivity contribution < 1.29 is 33.1 Å². The fourth-order valence-corrected chi connectivity index (χ4v) is 2.57. The van der Waals surface area contributed by atoms with Gasteiger partial charge < -0.3 is 23.5 Å². The van der Waals surface area contributed by atoms with Gasteiger partial charge in [0.15, 0.2) is 11.5 Å². The zero-order valence-corrected chi connectivity index (χ0v) is 15.9. The molecule has 2 aliphatic rings. The molecule has 1 aromatic carbocycles. The van der Waals surface area contributed by atoms with Crippen LogP contribution in [0.4, 0.5) is 0 Å². The molecule has 0 radical (unpaired) electrons. The van der Waals surface area contributed by atoms with E-state index in [4.69, 9.17) is 23.5 Å². The van der Waals surface area contributed by atoms with Crippen molar-refractivity contribution in [3.05, 3.63) is 17.7 Å². The fourth-order valence-electron chi connectivity index (χ4n) is 2.57. The van der Waals surface area contributed by atoms with Crippen molar-refractivity contribution >= 4 is 24.8 Å². The van der Waals surface area contributed by atoms with Gasteiger partial charge in [-0.1, -0.05) is 27.7 Å². The number of carbonyl (C=O) groups excluding carboxylic acids is 2. The van der Waals surface area contributed by atoms with Crippen LogP contribution >= 0.6 is 0 Å². The van der Waals surface area contributed by atoms with Gasteiger partial charge in [0.05, 0.1) is 6.61 Å². The molecule has 8 heteroatoms. The third-order valence-electron chi connectivity index (χ3n) is 3.75. The van der Waals surface area contributed by atoms with Gasteiger partial charge in [-0.3, -0.25) is 4.79 Å². The molecule has 0 amide bonds. The molecule has 2 heterocycles. The number of fused-ring (bicyclic) bond motifs is 1. The number of benzene rings is 1. The maximum atomic E-state index is 11.8. The summed E-state index contributed by atoms with van der Waals surface area (Å²) in [4.78, 5) is 23.3. The summed E-state index contributed by atoms with van der Waals surface area (Å²) in [6.07, 6.45) is -0.496. The second-order valence-corrected chi connectivity index (χ2v) is 6.45. The molecular formula is C18H25BO7. The average molecular weight is 364 g/mol. The van der Waals surface area contributed by atoms with Crippen LogP contribution in [0.1, 0.15) is 45.0 Å². The fraction of sp³-hybridized carbons (Fsp3) is 0.556. The minimum atomic E-state index is -1.19. The molecule has 0 N–H and O–H groups in total. The van der Waals surface area contributed by atoms with Crippen LogP contribution in [0.25, 0.3) is 0 Å². The van der Waals surface area contributed by atoms with E-state index in [1.807, 2.05) is 27.7 Å². The van der Waals surface area contributed by atoms with Gasteiger partial charge >= 0.3 is 19.4 Å². The number of rotatable bonds is 4. The Balaban J connectivity index is 0.00000117. The maximum absolute atomic E-state index is 11.8. The van der Waals surface area contributed by atoms with Gasteiger partial charge in [0.2, 0.25) is 0 Å². The van der Waals surface area contributed by atoms with Crippen LogP contribution in [0.2, 0.25) is 0 Å². The van der Waals surface area contributed by atoms with E-state index in [9.17, 15) is 9.59 Å². The van der Waals surface area contributed by atoms with Gasteiger partial charge in [0, 0.05) is 29.7 Å². The van der Waals surface area contributed by atoms with Crippen molar-refractivity contribution in [2.24, 2.45) is 5.41 Å². The van der Waals surface area contributed by atoms with Gasteiger partial charge in [0.1, 0.15) is 6.29 Å². The van der Waals surface area contributed by atoms with Crippen LogP contribution in [-0.4, -0.2) is 45.5 Å². The standard InChI is InChI=1S/C16H19BO7.C2H6/c1-4-20-14(19)15-23-11-6-5-10(7-18)12(13(11)24-15)17-21-8-16(2,3)9-22-17;1-2/h5-7,15H,4,8-9H2,1-3H3;1-2H3. The Kier molecular flexibility index (Phi) is 6.66. The number of carbonyl (C=O) groups is 2. The summed E-state index contributed by atoms with van der Waals surface area (Å²) in [5, 5.41) is 0. The minimum absolute atomic E-state index is 0.110. The highest BCUT2D eigenvalue weighted by atomic mass is 16.7. The minimum Gasteiger partial charge on any atom is -0.460 e. The normalized spacial score (nSPS) is 20.0. The van der Waals surface area contributed by atoms with Crippen molar-refractivity contribution in [3.63, 3.8) is 0 Å². The molecule has 1 saturated heterocycles. The topological polar surface area (TPSA) is 80.3 Å². The van der Waals surface area contributed by atoms with Crippen LogP contribution in [0.3, 0.4) is 0 Å². The Morgan fingerprint density at radius 1 is 1.27 bits per heavy atom. The zero-order valence-electron chi connectivity index (χ0n) is 15.9. The Bertz CT molecular complexity index is 649. The molecular weight excluding hydrogens is 339 g/mol. The molecule has 1 fully saturated rings. The number of hydrogen-bond donors (Lipinski definition) is 0. The summed E-state index contributed by atoms with van der Waals surface area (Å²) >= 11 is 0. The first-order valence-corrected chi connectivity index (χ1v) is 8.80. The Morgan fingerprint density at radius 3 is 2.50 bits per heavy atom. The summed E-state index contributed by atoms with van der Waals surface area (Å²) < 4.78 is 27.5. The van der Waals surface area contributed by atoms with Gasteiger partial charge in [-0.25, -0.2) is 4.79 Å². The zero-order chi connectivity index (χ0) is 19.3. The van der Waals surface area contributed by atoms with Crippen molar-refractivity contribution in [3.8, 4) is 11.5 Å². The first-order chi connectivity index (χ1) is 12.4. The number of ether oxygens (including phenoxy) is 3. The molecule has 1 atom stereocenters. The van der Waals surface area contributed by atoms with E-state index in [-0.39, 0.29) is 17.8 Å². The largest absolute Gasteiger partial charge is 0.498 e. The van der Waals surface area contributed by atoms with Crippen LogP contribution in [0.5, 0.6) is 11.5 Å². The van der Waals surface area contributed by atoms with Crippen LogP contribution in [0, 0.1) is 5.41 Å². The van der Waals surface area contributed by atoms with Crippen molar-refractivity contribution in [1.29, 1.82) is 0 Å². The second-order valence-electron chi connectivity index (χ2n) is 6.45. The lowest BCUT2D eigenvalue weighted by Crippen LogP contribution is -2.49. The van der Waals surface area contributed by atoms with E-state index >= 15 is 0 Å². The highest BCUT2D eigenvalue weighted by Gasteiger charge is 2.42. The van der Waals surface area contributed by atoms with Crippen molar-refractivity contribution in [1.82, 2.24) is 0 Å². The first kappa shape index (κ1) is 20.3. The summed E-state index contributed by atoms with van der Waals surface area (Å²) in [6.45, 7) is 10.9. The second kappa shape index (κ2) is 8.55. The average Bonchev–Trinajstić information content (AvgIpc) is 3.07. The molecule has 1 aromatic rings. The predicted octanol–water partition coefficient (Wildman–Crippen LogP) is 1.95. The van der Waals surface area contributed by atoms with Crippen LogP contribution in [0.15, 0.2) is 12.1 Å². The molecule has 0 aromatic heterocycles. The summed E-state index contributed by atoms with van der Waals surface area (Å²) in [5.74, 6) is 0.00645. The van der Waals surface area contributed by atoms with Crippen molar-refractivity contribution in [2.45, 2.75) is 40.9 Å². The van der Waals surface area contributed by atoms with E-state index in [1.165, 1.54) is 0 Å². The predicted molar refractivity (Wildman–Crippen MR) is 95.9 cm³/mol. The number of esters is 1. The van der Waals surface area contributed by atoms with E-state index in [1.54, 1.807) is 19.1 Å². The summed E-state index contributed by atoms with van der Waals surface area (Å²) in [6, 6.07) is 3.17. The molecule has 26 heavy (non-hydrogen) atoms. The Hall–Kier alpha value is -2.06. The molecule has 3 rings (SSSR count). The number of hydrogen-bond acceptors (Lipinski definition) is 7. The number of aldehydes is 1. The lowest BCUT2D eigenvalue weighted by Gasteiger charge is -2.33. The van der Waals surface area contributed by atoms with Gasteiger partial charge in [-0.15, -0.1) is 0 Å². The molecule has 1 unspecified atom stereocenters. The van der Waals surface area contributed by atoms with E-state index in [0.717, 1.165) is 0 Å². The molecule has 0 spiro atoms. The SMILES string of the molecule is CC.CCOC(=O)C1Oc2ccc(C=O)c(B3OCC(C)(C)CO3)c2O1. The van der Waals surface area contributed by atoms with Gasteiger partial charge in [0.25, 0.3) is 0 Å². The Labute approximate surface area is 154 Å². The van der Waals surface area contributed by atoms with E-state index < -0.39 is 19.4 Å². The van der Waals surface area contributed by atoms with Crippen LogP contribution < -0.4 is 14.9 Å². The lowest BCUT2D eigenvalue weighted by molar-refractivity contribution is -0.161.